The summed E-state index contributed by atoms with van der Waals surface area (Å²) >= 11 is 0. The van der Waals surface area contributed by atoms with Crippen LogP contribution in [0.2, 0.25) is 0 Å². The van der Waals surface area contributed by atoms with Crippen LogP contribution in [0.4, 0.5) is 10.7 Å². The maximum Gasteiger partial charge on any atom is 0.410 e. The second-order valence-electron chi connectivity index (χ2n) is 19.6. The molecule has 0 unspecified atom stereocenters. The zero-order valence-corrected chi connectivity index (χ0v) is 38.7. The molecule has 3 amide bonds. The van der Waals surface area contributed by atoms with Gasteiger partial charge in [-0.1, -0.05) is 51.0 Å². The first-order valence-corrected chi connectivity index (χ1v) is 23.5. The lowest BCUT2D eigenvalue weighted by molar-refractivity contribution is -0.151. The van der Waals surface area contributed by atoms with Gasteiger partial charge in [0.1, 0.15) is 11.8 Å². The molecule has 4 aliphatic heterocycles. The maximum absolute atomic E-state index is 14.1. The molecule has 67 heavy (non-hydrogen) atoms. The van der Waals surface area contributed by atoms with Crippen molar-refractivity contribution >= 4 is 34.9 Å². The number of aromatic hydroxyl groups is 1. The van der Waals surface area contributed by atoms with E-state index in [0.717, 1.165) is 90.7 Å². The fourth-order valence-corrected chi connectivity index (χ4v) is 10.4. The molecule has 4 atom stereocenters. The number of anilines is 1. The molecular formula is C51H60N10O6. The number of H-pyrrole nitrogens is 1. The van der Waals surface area contributed by atoms with Crippen molar-refractivity contribution in [2.75, 3.05) is 44.2 Å². The number of nitrogens with zero attached hydrogens (tertiary/aromatic N) is 8. The number of terminal acetylenes is 1. The number of carbonyl (C=O) groups is 3. The molecule has 3 fully saturated rings. The Morgan fingerprint density at radius 3 is 2.37 bits per heavy atom. The highest BCUT2D eigenvalue weighted by Gasteiger charge is 2.46. The highest BCUT2D eigenvalue weighted by molar-refractivity contribution is 5.91. The molecule has 16 heteroatoms. The van der Waals surface area contributed by atoms with Gasteiger partial charge in [0.05, 0.1) is 17.8 Å². The van der Waals surface area contributed by atoms with E-state index in [4.69, 9.17) is 21.1 Å². The molecule has 4 N–H and O–H groups in total. The number of piperidine rings is 2. The normalized spacial score (nSPS) is 21.2. The van der Waals surface area contributed by atoms with E-state index in [1.165, 1.54) is 4.90 Å². The fourth-order valence-electron chi connectivity index (χ4n) is 10.4. The van der Waals surface area contributed by atoms with Crippen LogP contribution in [0.3, 0.4) is 0 Å². The number of aliphatic hydroxyl groups is 1. The fraction of sp³-hybridized carbons (Fsp3) is 0.471. The van der Waals surface area contributed by atoms with E-state index in [0.29, 0.717) is 42.3 Å². The van der Waals surface area contributed by atoms with E-state index in [9.17, 15) is 24.6 Å². The number of nitrogens with one attached hydrogen (secondary N) is 2. The molecule has 3 aromatic heterocycles. The molecule has 2 aromatic carbocycles. The average molecular weight is 909 g/mol. The topological polar surface area (TPSA) is 193 Å². The molecule has 16 nitrogen and oxygen atoms in total. The number of hydrogen-bond acceptors (Lipinski definition) is 12. The molecule has 350 valence electrons. The summed E-state index contributed by atoms with van der Waals surface area (Å²) in [5, 5.41) is 33.8. The highest BCUT2D eigenvalue weighted by Crippen LogP contribution is 2.39. The molecule has 0 spiro atoms. The first-order valence-electron chi connectivity index (χ1n) is 23.5. The molecule has 5 aromatic rings. The number of ether oxygens (including phenoxy) is 1. The number of amides is 3. The maximum atomic E-state index is 14.1. The van der Waals surface area contributed by atoms with Crippen LogP contribution in [0.15, 0.2) is 67.0 Å². The van der Waals surface area contributed by atoms with E-state index in [1.54, 1.807) is 29.2 Å². The largest absolute Gasteiger partial charge is 0.507 e. The smallest absolute Gasteiger partial charge is 0.410 e. The summed E-state index contributed by atoms with van der Waals surface area (Å²) in [6, 6.07) is 15.9. The lowest BCUT2D eigenvalue weighted by Crippen LogP contribution is -2.54. The molecule has 9 rings (SSSR count). The summed E-state index contributed by atoms with van der Waals surface area (Å²) < 4.78 is 6.02. The number of para-hydroxylation sites is 1. The number of carbonyl (C=O) groups excluding carboxylic acids is 3. The summed E-state index contributed by atoms with van der Waals surface area (Å²) in [7, 11) is 0. The van der Waals surface area contributed by atoms with E-state index >= 15 is 0 Å². The first kappa shape index (κ1) is 45.6. The van der Waals surface area contributed by atoms with Crippen LogP contribution in [0.1, 0.15) is 99.7 Å². The number of aromatic amines is 1. The van der Waals surface area contributed by atoms with Gasteiger partial charge >= 0.3 is 6.09 Å². The van der Waals surface area contributed by atoms with Crippen molar-refractivity contribution in [2.45, 2.75) is 109 Å². The Bertz CT molecular complexity index is 2640. The van der Waals surface area contributed by atoms with Gasteiger partial charge in [-0.25, -0.2) is 14.8 Å². The zero-order valence-electron chi connectivity index (χ0n) is 38.7. The molecule has 7 heterocycles. The summed E-state index contributed by atoms with van der Waals surface area (Å²) in [4.78, 5) is 62.3. The number of β-amino-alcohol motifs (C(OH)–C–C–N with tert-alkyl or cyclic N) is 1. The summed E-state index contributed by atoms with van der Waals surface area (Å²) in [5.41, 5.74) is 6.24. The Labute approximate surface area is 391 Å². The third-order valence-electron chi connectivity index (χ3n) is 14.2. The lowest BCUT2D eigenvalue weighted by Gasteiger charge is -2.42. The van der Waals surface area contributed by atoms with Gasteiger partial charge in [0.15, 0.2) is 11.8 Å². The molecule has 0 aliphatic carbocycles. The lowest BCUT2D eigenvalue weighted by atomic mass is 9.88. The Hall–Kier alpha value is -6.57. The number of rotatable bonds is 9. The van der Waals surface area contributed by atoms with E-state index in [-0.39, 0.29) is 37.2 Å². The second-order valence-corrected chi connectivity index (χ2v) is 19.6. The van der Waals surface area contributed by atoms with E-state index in [2.05, 4.69) is 43.1 Å². The Morgan fingerprint density at radius 1 is 0.970 bits per heavy atom. The zero-order chi connectivity index (χ0) is 47.0. The quantitative estimate of drug-likeness (QED) is 0.132. The number of fused-ring (bicyclic) bond motifs is 3. The third-order valence-corrected chi connectivity index (χ3v) is 14.2. The number of aliphatic hydroxyl groups excluding tert-OH is 1. The van der Waals surface area contributed by atoms with Crippen molar-refractivity contribution in [2.24, 2.45) is 5.41 Å². The number of phenols is 1. The van der Waals surface area contributed by atoms with Gasteiger partial charge in [-0.15, -0.1) is 16.6 Å². The van der Waals surface area contributed by atoms with Crippen LogP contribution in [0.5, 0.6) is 5.75 Å². The van der Waals surface area contributed by atoms with Gasteiger partial charge < -0.3 is 44.9 Å². The highest BCUT2D eigenvalue weighted by atomic mass is 16.6. The Balaban J connectivity index is 0.760. The Morgan fingerprint density at radius 2 is 1.69 bits per heavy atom. The first-order chi connectivity index (χ1) is 32.2. The summed E-state index contributed by atoms with van der Waals surface area (Å²) in [5.74, 6) is 2.92. The van der Waals surface area contributed by atoms with Crippen LogP contribution in [0, 0.1) is 17.8 Å². The average Bonchev–Trinajstić information content (AvgIpc) is 3.93. The van der Waals surface area contributed by atoms with Crippen LogP contribution in [0.25, 0.3) is 22.3 Å². The Kier molecular flexibility index (Phi) is 12.9. The van der Waals surface area contributed by atoms with Gasteiger partial charge in [0.25, 0.3) is 5.91 Å². The molecule has 0 bridgehead atoms. The summed E-state index contributed by atoms with van der Waals surface area (Å²) in [6.07, 6.45) is 11.3. The summed E-state index contributed by atoms with van der Waals surface area (Å²) in [6.45, 7) is 11.6. The van der Waals surface area contributed by atoms with Crippen molar-refractivity contribution in [3.63, 3.8) is 0 Å². The van der Waals surface area contributed by atoms with Gasteiger partial charge in [-0.3, -0.25) is 9.59 Å². The molecule has 3 saturated heterocycles. The number of likely N-dealkylation sites (tertiary alicyclic amines) is 3. The van der Waals surface area contributed by atoms with Crippen LogP contribution in [-0.2, 0) is 27.3 Å². The molecule has 0 saturated carbocycles. The predicted octanol–water partition coefficient (Wildman–Crippen LogP) is 5.70. The van der Waals surface area contributed by atoms with Crippen molar-refractivity contribution in [3.05, 3.63) is 94.9 Å². The van der Waals surface area contributed by atoms with E-state index < -0.39 is 35.7 Å². The van der Waals surface area contributed by atoms with Gasteiger partial charge in [-0.2, -0.15) is 0 Å². The van der Waals surface area contributed by atoms with Crippen LogP contribution in [-0.4, -0.2) is 132 Å². The molecule has 4 aliphatic rings. The third kappa shape index (κ3) is 9.53. The molecule has 0 radical (unpaired) electrons. The number of hydrogen-bond donors (Lipinski definition) is 4. The molecular weight excluding hydrogens is 849 g/mol. The van der Waals surface area contributed by atoms with Gasteiger partial charge in [0, 0.05) is 97.2 Å². The van der Waals surface area contributed by atoms with Crippen molar-refractivity contribution in [1.82, 2.24) is 45.2 Å². The van der Waals surface area contributed by atoms with Crippen LogP contribution < -0.4 is 10.2 Å². The minimum absolute atomic E-state index is 0.00271. The minimum Gasteiger partial charge on any atom is -0.507 e. The van der Waals surface area contributed by atoms with Crippen molar-refractivity contribution in [1.29, 1.82) is 0 Å². The number of aromatic nitrogens is 5. The number of phenolic OH excluding ortho intramolecular Hbond substituents is 1. The standard InChI is InChI=1S/C51H60N10O6/c1-6-32-11-13-33(14-12-32)27-52-47(64)42-25-37(62)30-61(42)48(65)45(51(3,4)5)67-50(66)59-22-17-36(18-23-59)58-20-15-34(16-21-58)35-28-53-49(54-29-35)60-24-19-40-44(31(60)2)39-26-41(56-57-46(39)55-40)38-9-7-8-10-43(38)63/h1,7-14,26,28-29,31,34,36-37,42,45,62-63H,15-25,27,30H2,2-5H3,(H,52,64)(H,55,57)/t31-,37-,42+,45-/m1/s1. The van der Waals surface area contributed by atoms with Crippen molar-refractivity contribution < 1.29 is 29.3 Å². The minimum atomic E-state index is -1.15. The second kappa shape index (κ2) is 19.0. The predicted molar refractivity (Wildman–Crippen MR) is 253 cm³/mol. The number of benzene rings is 2. The van der Waals surface area contributed by atoms with Crippen LogP contribution >= 0.6 is 0 Å². The van der Waals surface area contributed by atoms with E-state index in [1.807, 2.05) is 63.5 Å². The van der Waals surface area contributed by atoms with Gasteiger partial charge in [-0.05, 0) is 93.1 Å². The SMILES string of the molecule is C#Cc1ccc(CNC(=O)[C@@H]2C[C@@H](O)CN2C(=O)[C@@H](OC(=O)N2CCC(N3CCC(c4cnc(N5CCc6[nH]c7nnc(-c8ccccc8O)cc7c6[C@H]5C)nc4)CC3)CC2)C(C)(C)C)cc1. The monoisotopic (exact) mass is 908 g/mol. The van der Waals surface area contributed by atoms with Gasteiger partial charge in [0.2, 0.25) is 11.9 Å². The van der Waals surface area contributed by atoms with Crippen molar-refractivity contribution in [3.8, 4) is 29.4 Å².